The van der Waals surface area contributed by atoms with Gasteiger partial charge >= 0.3 is 5.97 Å². The number of hydrogen-bond donors (Lipinski definition) is 3. The lowest BCUT2D eigenvalue weighted by Gasteiger charge is -2.58. The maximum absolute atomic E-state index is 12.4. The number of ketones is 1. The summed E-state index contributed by atoms with van der Waals surface area (Å²) in [6, 6.07) is -1.86. The molecule has 2 amide bonds. The number of hydrogen-bond acceptors (Lipinski definition) is 6. The van der Waals surface area contributed by atoms with Crippen molar-refractivity contribution in [3.63, 3.8) is 0 Å². The first-order chi connectivity index (χ1) is 19.4. The standard InChI is InChI=1S/C32H49N3O6/c1-6-7-8-27(30(39)40)34-29(38)19(2)33-28(37)18-41-35-22-13-15-31(4)21(17-22)9-10-23-25-12-11-24(20(3)36)32(25,5)16-14-26(23)31/h17,19,23-27H,6-16,18H2,1-5H3,(H,33,37)(H,34,38)(H,39,40)/b35-22+/t19-,23+,24-,25+,26+,27-,31+,32-/m1/s1. The molecule has 41 heavy (non-hydrogen) atoms. The highest BCUT2D eigenvalue weighted by Crippen LogP contribution is 2.66. The normalized spacial score (nSPS) is 34.8. The number of unbranched alkanes of at least 4 members (excludes halogenated alkanes) is 1. The van der Waals surface area contributed by atoms with Crippen LogP contribution in [0.5, 0.6) is 0 Å². The lowest BCUT2D eigenvalue weighted by molar-refractivity contribution is -0.142. The number of allylic oxidation sites excluding steroid dienone is 2. The predicted octanol–water partition coefficient (Wildman–Crippen LogP) is 4.79. The molecular weight excluding hydrogens is 522 g/mol. The average molecular weight is 572 g/mol. The predicted molar refractivity (Wildman–Crippen MR) is 156 cm³/mol. The molecule has 0 aromatic carbocycles. The topological polar surface area (TPSA) is 134 Å². The second kappa shape index (κ2) is 12.7. The molecule has 0 radical (unpaired) electrons. The van der Waals surface area contributed by atoms with Crippen molar-refractivity contribution in [2.45, 2.75) is 117 Å². The Labute approximate surface area is 244 Å². The zero-order valence-electron chi connectivity index (χ0n) is 25.5. The van der Waals surface area contributed by atoms with Gasteiger partial charge in [-0.1, -0.05) is 44.3 Å². The first kappa shape index (κ1) is 31.2. The Morgan fingerprint density at radius 3 is 2.51 bits per heavy atom. The fourth-order valence-corrected chi connectivity index (χ4v) is 8.80. The van der Waals surface area contributed by atoms with Gasteiger partial charge in [0.05, 0.1) is 5.71 Å². The van der Waals surface area contributed by atoms with Crippen molar-refractivity contribution < 1.29 is 29.1 Å². The number of oxime groups is 1. The average Bonchev–Trinajstić information content (AvgIpc) is 3.28. The minimum absolute atomic E-state index is 0.142. The van der Waals surface area contributed by atoms with Crippen LogP contribution in [0.25, 0.3) is 0 Å². The summed E-state index contributed by atoms with van der Waals surface area (Å²) in [5.74, 6) is 0.427. The van der Waals surface area contributed by atoms with E-state index >= 15 is 0 Å². The maximum Gasteiger partial charge on any atom is 0.326 e. The van der Waals surface area contributed by atoms with Crippen LogP contribution in [0.2, 0.25) is 0 Å². The van der Waals surface area contributed by atoms with Crippen molar-refractivity contribution in [3.05, 3.63) is 11.6 Å². The van der Waals surface area contributed by atoms with Gasteiger partial charge in [-0.05, 0) is 106 Å². The van der Waals surface area contributed by atoms with Crippen LogP contribution in [0.1, 0.15) is 105 Å². The van der Waals surface area contributed by atoms with Gasteiger partial charge in [-0.15, -0.1) is 0 Å². The van der Waals surface area contributed by atoms with E-state index < -0.39 is 29.9 Å². The van der Waals surface area contributed by atoms with Gasteiger partial charge in [0.2, 0.25) is 5.91 Å². The Morgan fingerprint density at radius 1 is 1.07 bits per heavy atom. The number of nitrogens with one attached hydrogen (secondary N) is 2. The minimum Gasteiger partial charge on any atom is -0.480 e. The molecule has 8 atom stereocenters. The fraction of sp³-hybridized carbons (Fsp3) is 0.781. The highest BCUT2D eigenvalue weighted by molar-refractivity contribution is 5.96. The maximum atomic E-state index is 12.4. The molecule has 0 unspecified atom stereocenters. The van der Waals surface area contributed by atoms with Gasteiger partial charge in [0.25, 0.3) is 5.91 Å². The molecule has 0 spiro atoms. The molecule has 0 heterocycles. The molecule has 0 aromatic rings. The fourth-order valence-electron chi connectivity index (χ4n) is 8.80. The van der Waals surface area contributed by atoms with E-state index in [1.165, 1.54) is 25.3 Å². The van der Waals surface area contributed by atoms with Gasteiger partial charge in [-0.2, -0.15) is 0 Å². The second-order valence-corrected chi connectivity index (χ2v) is 13.5. The number of carboxylic acids is 1. The monoisotopic (exact) mass is 571 g/mol. The molecule has 9 heteroatoms. The quantitative estimate of drug-likeness (QED) is 0.305. The van der Waals surface area contributed by atoms with Crippen molar-refractivity contribution in [2.24, 2.45) is 39.7 Å². The molecule has 4 aliphatic carbocycles. The van der Waals surface area contributed by atoms with Crippen LogP contribution in [0.4, 0.5) is 0 Å². The summed E-state index contributed by atoms with van der Waals surface area (Å²) in [7, 11) is 0. The van der Waals surface area contributed by atoms with Gasteiger partial charge in [0.15, 0.2) is 6.61 Å². The van der Waals surface area contributed by atoms with Crippen LogP contribution in [-0.2, 0) is 24.0 Å². The molecule has 0 saturated heterocycles. The third-order valence-corrected chi connectivity index (χ3v) is 11.1. The summed E-state index contributed by atoms with van der Waals surface area (Å²) in [6.07, 6.45) is 12.6. The lowest BCUT2D eigenvalue weighted by Crippen LogP contribution is -2.51. The number of carbonyl (C=O) groups is 4. The van der Waals surface area contributed by atoms with E-state index in [0.717, 1.165) is 50.7 Å². The van der Waals surface area contributed by atoms with Gasteiger partial charge in [0.1, 0.15) is 17.9 Å². The number of carbonyl (C=O) groups excluding carboxylic acids is 3. The third-order valence-electron chi connectivity index (χ3n) is 11.1. The molecule has 3 saturated carbocycles. The van der Waals surface area contributed by atoms with Gasteiger partial charge in [0, 0.05) is 5.92 Å². The van der Waals surface area contributed by atoms with E-state index in [2.05, 4.69) is 35.7 Å². The molecule has 0 aliphatic heterocycles. The van der Waals surface area contributed by atoms with Crippen LogP contribution in [0.3, 0.4) is 0 Å². The van der Waals surface area contributed by atoms with Gasteiger partial charge < -0.3 is 20.6 Å². The van der Waals surface area contributed by atoms with Crippen LogP contribution < -0.4 is 10.6 Å². The van der Waals surface area contributed by atoms with E-state index in [4.69, 9.17) is 4.84 Å². The van der Waals surface area contributed by atoms with Crippen molar-refractivity contribution in [1.82, 2.24) is 10.6 Å². The number of nitrogens with zero attached hydrogens (tertiary/aromatic N) is 1. The van der Waals surface area contributed by atoms with Crippen molar-refractivity contribution >= 4 is 29.3 Å². The summed E-state index contributed by atoms with van der Waals surface area (Å²) in [4.78, 5) is 53.9. The molecule has 228 valence electrons. The number of rotatable bonds is 11. The molecule has 0 aromatic heterocycles. The summed E-state index contributed by atoms with van der Waals surface area (Å²) in [5.41, 5.74) is 2.57. The number of aliphatic carboxylic acids is 1. The van der Waals surface area contributed by atoms with Gasteiger partial charge in [-0.3, -0.25) is 14.4 Å². The Morgan fingerprint density at radius 2 is 1.83 bits per heavy atom. The van der Waals surface area contributed by atoms with E-state index in [0.29, 0.717) is 36.4 Å². The second-order valence-electron chi connectivity index (χ2n) is 13.5. The molecule has 4 aliphatic rings. The highest BCUT2D eigenvalue weighted by atomic mass is 16.6. The zero-order valence-corrected chi connectivity index (χ0v) is 25.5. The minimum atomic E-state index is -1.09. The largest absolute Gasteiger partial charge is 0.480 e. The number of carboxylic acid groups (broad SMARTS) is 1. The Bertz CT molecular complexity index is 1100. The van der Waals surface area contributed by atoms with E-state index in [1.807, 2.05) is 6.92 Å². The van der Waals surface area contributed by atoms with E-state index in [9.17, 15) is 24.3 Å². The number of amides is 2. The molecule has 3 N–H and O–H groups in total. The van der Waals surface area contributed by atoms with Crippen LogP contribution in [0, 0.1) is 34.5 Å². The first-order valence-electron chi connectivity index (χ1n) is 15.6. The number of Topliss-reactive ketones (excluding diaryl/α,β-unsaturated/α-hetero) is 1. The smallest absolute Gasteiger partial charge is 0.326 e. The molecule has 3 fully saturated rings. The van der Waals surface area contributed by atoms with Crippen molar-refractivity contribution in [3.8, 4) is 0 Å². The Balaban J connectivity index is 1.30. The summed E-state index contributed by atoms with van der Waals surface area (Å²) in [5, 5.41) is 18.6. The van der Waals surface area contributed by atoms with Crippen LogP contribution in [0.15, 0.2) is 16.8 Å². The van der Waals surface area contributed by atoms with Gasteiger partial charge in [-0.25, -0.2) is 4.79 Å². The third kappa shape index (κ3) is 6.38. The molecule has 9 nitrogen and oxygen atoms in total. The SMILES string of the molecule is CCCC[C@@H](NC(=O)[C@@H](C)NC(=O)CO/N=C1/C=C2CC[C@H]3[C@@H]4CC[C@H](C(C)=O)[C@@]4(C)CC[C@@H]3[C@@]2(C)CC1)C(=O)O. The lowest BCUT2D eigenvalue weighted by atomic mass is 9.46. The molecular formula is C32H49N3O6. The van der Waals surface area contributed by atoms with Crippen molar-refractivity contribution in [1.29, 1.82) is 0 Å². The van der Waals surface area contributed by atoms with Crippen molar-refractivity contribution in [2.75, 3.05) is 6.61 Å². The Kier molecular flexibility index (Phi) is 9.64. The molecule has 4 rings (SSSR count). The zero-order chi connectivity index (χ0) is 29.9. The Hall–Kier alpha value is -2.71. The van der Waals surface area contributed by atoms with E-state index in [1.54, 1.807) is 6.92 Å². The number of fused-ring (bicyclic) bond motifs is 5. The summed E-state index contributed by atoms with van der Waals surface area (Å²) >= 11 is 0. The van der Waals surface area contributed by atoms with Crippen LogP contribution in [-0.4, -0.2) is 53.1 Å². The summed E-state index contributed by atoms with van der Waals surface area (Å²) in [6.45, 7) is 9.73. The molecule has 0 bridgehead atoms. The first-order valence-corrected chi connectivity index (χ1v) is 15.6. The highest BCUT2D eigenvalue weighted by Gasteiger charge is 2.59. The summed E-state index contributed by atoms with van der Waals surface area (Å²) < 4.78 is 0. The van der Waals surface area contributed by atoms with Crippen LogP contribution >= 0.6 is 0 Å². The van der Waals surface area contributed by atoms with E-state index in [-0.39, 0.29) is 23.4 Å².